The highest BCUT2D eigenvalue weighted by Gasteiger charge is 2.23. The highest BCUT2D eigenvalue weighted by molar-refractivity contribution is 7.22. The molecule has 1 saturated carbocycles. The third kappa shape index (κ3) is 9.57. The predicted octanol–water partition coefficient (Wildman–Crippen LogP) is 8.47. The van der Waals surface area contributed by atoms with E-state index in [1.165, 1.54) is 51.3 Å². The molecule has 6 rings (SSSR count). The van der Waals surface area contributed by atoms with Crippen molar-refractivity contribution in [2.75, 3.05) is 32.2 Å². The Kier molecular flexibility index (Phi) is 12.7. The summed E-state index contributed by atoms with van der Waals surface area (Å²) in [6, 6.07) is 8.14. The number of benzene rings is 1. The molecule has 2 aliphatic rings. The van der Waals surface area contributed by atoms with Crippen LogP contribution in [0, 0.1) is 5.82 Å². The molecular weight excluding hydrogens is 535 g/mol. The first-order valence-corrected chi connectivity index (χ1v) is 15.6. The first kappa shape index (κ1) is 32.6. The summed E-state index contributed by atoms with van der Waals surface area (Å²) in [4.78, 5) is 15.6. The van der Waals surface area contributed by atoms with E-state index in [1.54, 1.807) is 31.6 Å². The highest BCUT2D eigenvalue weighted by Crippen LogP contribution is 2.37. The van der Waals surface area contributed by atoms with Gasteiger partial charge in [-0.3, -0.25) is 4.68 Å². The topological polar surface area (TPSA) is 69.0 Å². The van der Waals surface area contributed by atoms with Crippen LogP contribution in [0.2, 0.25) is 0 Å². The number of nitrogens with zero attached hydrogens (tertiary/aromatic N) is 6. The van der Waals surface area contributed by atoms with Crippen molar-refractivity contribution >= 4 is 26.8 Å². The van der Waals surface area contributed by atoms with E-state index in [2.05, 4.69) is 64.3 Å². The largest absolute Gasteiger partial charge is 0.388 e. The number of rotatable bonds is 5. The molecule has 0 atom stereocenters. The summed E-state index contributed by atoms with van der Waals surface area (Å²) in [5, 5.41) is 5.05. The number of methoxy groups -OCH3 is 1. The van der Waals surface area contributed by atoms with Crippen LogP contribution in [0.1, 0.15) is 91.2 Å². The zero-order valence-corrected chi connectivity index (χ0v) is 26.7. The number of halogens is 1. The fourth-order valence-electron chi connectivity index (χ4n) is 4.34. The average Bonchev–Trinajstić information content (AvgIpc) is 3.34. The fourth-order valence-corrected chi connectivity index (χ4v) is 5.42. The molecule has 9 heteroatoms. The number of ether oxygens (including phenoxy) is 1. The Morgan fingerprint density at radius 2 is 1.73 bits per heavy atom. The van der Waals surface area contributed by atoms with Gasteiger partial charge in [-0.05, 0) is 54.9 Å². The van der Waals surface area contributed by atoms with Gasteiger partial charge in [0.1, 0.15) is 16.8 Å². The maximum Gasteiger partial charge on any atom is 0.188 e. The predicted molar refractivity (Wildman–Crippen MR) is 169 cm³/mol. The number of hydrogen-bond acceptors (Lipinski definition) is 7. The smallest absolute Gasteiger partial charge is 0.188 e. The average molecular weight is 583 g/mol. The van der Waals surface area contributed by atoms with Crippen molar-refractivity contribution < 1.29 is 9.13 Å². The van der Waals surface area contributed by atoms with Gasteiger partial charge in [0.2, 0.25) is 0 Å². The second-order valence-corrected chi connectivity index (χ2v) is 12.5. The molecule has 224 valence electrons. The number of aromatic nitrogens is 5. The Hall–Kier alpha value is -2.91. The van der Waals surface area contributed by atoms with Crippen LogP contribution in [0.3, 0.4) is 0 Å². The monoisotopic (exact) mass is 582 g/mol. The number of anilines is 1. The summed E-state index contributed by atoms with van der Waals surface area (Å²) in [5.41, 5.74) is 2.67. The van der Waals surface area contributed by atoms with E-state index in [4.69, 9.17) is 0 Å². The molecule has 7 nitrogen and oxygen atoms in total. The minimum absolute atomic E-state index is 0.0895. The first-order chi connectivity index (χ1) is 19.7. The van der Waals surface area contributed by atoms with Crippen LogP contribution in [0.4, 0.5) is 9.52 Å². The SMILES string of the molecule is CC(C)(C)c1ccc(-c2ncnc3nc(N4CCCC4)sc23)c(F)c1.CCCCC.COC.c1cnn(C2CC2)c1. The number of hydrogen-bond donors (Lipinski definition) is 0. The van der Waals surface area contributed by atoms with Gasteiger partial charge in [0.15, 0.2) is 10.8 Å². The van der Waals surface area contributed by atoms with Crippen molar-refractivity contribution in [1.29, 1.82) is 0 Å². The van der Waals surface area contributed by atoms with Crippen LogP contribution in [-0.4, -0.2) is 52.0 Å². The van der Waals surface area contributed by atoms with E-state index in [1.807, 2.05) is 35.3 Å². The van der Waals surface area contributed by atoms with Crippen molar-refractivity contribution in [3.63, 3.8) is 0 Å². The zero-order chi connectivity index (χ0) is 29.8. The summed E-state index contributed by atoms with van der Waals surface area (Å²) in [5.74, 6) is -0.247. The summed E-state index contributed by atoms with van der Waals surface area (Å²) in [6.07, 6.45) is 14.4. The van der Waals surface area contributed by atoms with Crippen LogP contribution in [0.15, 0.2) is 43.0 Å². The second-order valence-electron chi connectivity index (χ2n) is 11.5. The summed E-state index contributed by atoms with van der Waals surface area (Å²) in [6.45, 7) is 12.7. The van der Waals surface area contributed by atoms with Gasteiger partial charge in [0, 0.05) is 45.3 Å². The van der Waals surface area contributed by atoms with E-state index in [0.29, 0.717) is 16.9 Å². The molecule has 3 aromatic heterocycles. The van der Waals surface area contributed by atoms with Gasteiger partial charge >= 0.3 is 0 Å². The summed E-state index contributed by atoms with van der Waals surface area (Å²) >= 11 is 1.56. The van der Waals surface area contributed by atoms with Crippen molar-refractivity contribution in [2.45, 2.75) is 91.0 Å². The van der Waals surface area contributed by atoms with Crippen molar-refractivity contribution in [3.05, 3.63) is 54.4 Å². The minimum atomic E-state index is -0.247. The molecule has 0 bridgehead atoms. The van der Waals surface area contributed by atoms with Crippen molar-refractivity contribution in [3.8, 4) is 11.3 Å². The maximum atomic E-state index is 14.8. The molecule has 1 saturated heterocycles. The third-order valence-electron chi connectivity index (χ3n) is 6.80. The number of unbranched alkanes of at least 4 members (excludes halogenated alkanes) is 2. The van der Waals surface area contributed by atoms with E-state index in [-0.39, 0.29) is 11.2 Å². The molecule has 1 aromatic carbocycles. The molecule has 41 heavy (non-hydrogen) atoms. The lowest BCUT2D eigenvalue weighted by Gasteiger charge is -2.19. The molecular formula is C32H47FN6OS. The Morgan fingerprint density at radius 3 is 2.24 bits per heavy atom. The first-order valence-electron chi connectivity index (χ1n) is 14.8. The van der Waals surface area contributed by atoms with Gasteiger partial charge in [0.05, 0.1) is 11.7 Å². The van der Waals surface area contributed by atoms with E-state index < -0.39 is 0 Å². The molecule has 4 heterocycles. The van der Waals surface area contributed by atoms with Crippen molar-refractivity contribution in [1.82, 2.24) is 24.7 Å². The van der Waals surface area contributed by atoms with E-state index >= 15 is 0 Å². The van der Waals surface area contributed by atoms with Crippen LogP contribution < -0.4 is 4.90 Å². The lowest BCUT2D eigenvalue weighted by Crippen LogP contribution is -2.16. The van der Waals surface area contributed by atoms with Gasteiger partial charge in [-0.15, -0.1) is 0 Å². The van der Waals surface area contributed by atoms with Gasteiger partial charge < -0.3 is 9.64 Å². The minimum Gasteiger partial charge on any atom is -0.388 e. The van der Waals surface area contributed by atoms with Gasteiger partial charge in [0.25, 0.3) is 0 Å². The van der Waals surface area contributed by atoms with E-state index in [9.17, 15) is 4.39 Å². The molecule has 1 aliphatic heterocycles. The normalized spacial score (nSPS) is 14.5. The van der Waals surface area contributed by atoms with Crippen LogP contribution in [-0.2, 0) is 10.2 Å². The van der Waals surface area contributed by atoms with Crippen molar-refractivity contribution in [2.24, 2.45) is 0 Å². The molecule has 0 radical (unpaired) electrons. The number of fused-ring (bicyclic) bond motifs is 1. The van der Waals surface area contributed by atoms with Gasteiger partial charge in [-0.2, -0.15) is 10.1 Å². The Balaban J connectivity index is 0.000000235. The van der Waals surface area contributed by atoms with Crippen LogP contribution >= 0.6 is 11.3 Å². The van der Waals surface area contributed by atoms with Crippen LogP contribution in [0.5, 0.6) is 0 Å². The fraction of sp³-hybridized carbons (Fsp3) is 0.562. The summed E-state index contributed by atoms with van der Waals surface area (Å²) in [7, 11) is 3.25. The molecule has 0 amide bonds. The van der Waals surface area contributed by atoms with Gasteiger partial charge in [-0.25, -0.2) is 14.4 Å². The van der Waals surface area contributed by atoms with Gasteiger partial charge in [-0.1, -0.05) is 71.3 Å². The second kappa shape index (κ2) is 15.9. The Bertz CT molecular complexity index is 1310. The Morgan fingerprint density at radius 1 is 1.05 bits per heavy atom. The molecule has 4 aromatic rings. The van der Waals surface area contributed by atoms with E-state index in [0.717, 1.165) is 34.5 Å². The molecule has 0 unspecified atom stereocenters. The van der Waals surface area contributed by atoms with Crippen LogP contribution in [0.25, 0.3) is 21.6 Å². The molecule has 2 fully saturated rings. The standard InChI is InChI=1S/C19H21FN4S.C6H8N2.C5H12.C2H6O/c1-19(2,3)12-6-7-13(14(20)10-12)15-16-17(22-11-21-15)23-18(25-16)24-8-4-5-9-24;1-4-7-8(5-1)6-2-3-6;1-3-5-4-2;1-3-2/h6-7,10-11H,4-5,8-9H2,1-3H3;1,4-6H,2-3H2;3-5H2,1-2H3;1-2H3. The molecule has 0 N–H and O–H groups in total. The summed E-state index contributed by atoms with van der Waals surface area (Å²) < 4.78 is 21.9. The lowest BCUT2D eigenvalue weighted by atomic mass is 9.86. The lowest BCUT2D eigenvalue weighted by molar-refractivity contribution is 0.277. The number of thiazole rings is 1. The molecule has 0 spiro atoms. The highest BCUT2D eigenvalue weighted by atomic mass is 32.1. The molecule has 1 aliphatic carbocycles. The third-order valence-corrected chi connectivity index (χ3v) is 7.91. The maximum absolute atomic E-state index is 14.8. The Labute approximate surface area is 249 Å². The quantitative estimate of drug-likeness (QED) is 0.235. The zero-order valence-electron chi connectivity index (χ0n) is 25.9.